The highest BCUT2D eigenvalue weighted by Gasteiger charge is 2.42. The van der Waals surface area contributed by atoms with Crippen LogP contribution in [0.5, 0.6) is 5.75 Å². The smallest absolute Gasteiger partial charge is 0.119 e. The number of quaternary nitrogens is 1. The maximum Gasteiger partial charge on any atom is 0.119 e. The molecule has 1 aromatic rings. The van der Waals surface area contributed by atoms with Gasteiger partial charge in [0.2, 0.25) is 0 Å². The molecule has 3 heteroatoms. The molecule has 1 fully saturated rings. The van der Waals surface area contributed by atoms with E-state index >= 15 is 0 Å². The van der Waals surface area contributed by atoms with Crippen molar-refractivity contribution in [3.8, 4) is 5.75 Å². The molecule has 1 heterocycles. The third kappa shape index (κ3) is 7.40. The summed E-state index contributed by atoms with van der Waals surface area (Å²) in [5, 5.41) is 2.48. The molecule has 0 spiro atoms. The summed E-state index contributed by atoms with van der Waals surface area (Å²) in [6.45, 7) is 16.6. The standard InChI is InChI=1S/C25H43NO2/c1-7-24(6)19-25(15-17-27-24,13-12-20(2)3)14-16-26-18-22-8-10-23(11-9-22)28-21(4)5/h8-11,20-21,26H,7,12-19H2,1-6H3/p+1/t24-,25-/m1/s1. The second-order valence-electron chi connectivity index (χ2n) is 9.85. The summed E-state index contributed by atoms with van der Waals surface area (Å²) >= 11 is 0. The predicted molar refractivity (Wildman–Crippen MR) is 118 cm³/mol. The molecular formula is C25H44NO2+. The second kappa shape index (κ2) is 10.6. The first-order valence-electron chi connectivity index (χ1n) is 11.5. The lowest BCUT2D eigenvalue weighted by Gasteiger charge is -2.46. The molecule has 2 N–H and O–H groups in total. The molecule has 0 unspecified atom stereocenters. The molecule has 3 nitrogen and oxygen atoms in total. The van der Waals surface area contributed by atoms with E-state index in [2.05, 4.69) is 71.1 Å². The van der Waals surface area contributed by atoms with Gasteiger partial charge in [-0.3, -0.25) is 0 Å². The molecule has 0 bridgehead atoms. The van der Waals surface area contributed by atoms with Gasteiger partial charge in [-0.2, -0.15) is 0 Å². The molecule has 1 saturated heterocycles. The maximum atomic E-state index is 6.17. The van der Waals surface area contributed by atoms with Gasteiger partial charge in [-0.25, -0.2) is 0 Å². The van der Waals surface area contributed by atoms with Crippen molar-refractivity contribution in [2.24, 2.45) is 11.3 Å². The van der Waals surface area contributed by atoms with Gasteiger partial charge in [0.25, 0.3) is 0 Å². The van der Waals surface area contributed by atoms with Crippen LogP contribution in [0.15, 0.2) is 24.3 Å². The molecule has 0 aromatic heterocycles. The first kappa shape index (κ1) is 23.2. The molecule has 160 valence electrons. The van der Waals surface area contributed by atoms with E-state index < -0.39 is 0 Å². The monoisotopic (exact) mass is 390 g/mol. The minimum atomic E-state index is 0.0709. The van der Waals surface area contributed by atoms with Crippen molar-refractivity contribution in [3.05, 3.63) is 29.8 Å². The first-order valence-corrected chi connectivity index (χ1v) is 11.5. The summed E-state index contributed by atoms with van der Waals surface area (Å²) in [5.74, 6) is 1.75. The lowest BCUT2D eigenvalue weighted by atomic mass is 9.67. The summed E-state index contributed by atoms with van der Waals surface area (Å²) in [5.41, 5.74) is 1.90. The zero-order chi connectivity index (χ0) is 20.6. The Labute approximate surface area is 173 Å². The number of hydrogen-bond acceptors (Lipinski definition) is 2. The number of rotatable bonds is 11. The average molecular weight is 391 g/mol. The van der Waals surface area contributed by atoms with E-state index in [0.717, 1.165) is 31.2 Å². The van der Waals surface area contributed by atoms with Gasteiger partial charge in [0.05, 0.1) is 18.2 Å². The number of hydrogen-bond donors (Lipinski definition) is 1. The Morgan fingerprint density at radius 1 is 1.11 bits per heavy atom. The van der Waals surface area contributed by atoms with Crippen molar-refractivity contribution in [1.29, 1.82) is 0 Å². The molecule has 0 aliphatic carbocycles. The van der Waals surface area contributed by atoms with E-state index in [0.29, 0.717) is 5.41 Å². The van der Waals surface area contributed by atoms with Crippen molar-refractivity contribution < 1.29 is 14.8 Å². The number of nitrogens with two attached hydrogens (primary N) is 1. The van der Waals surface area contributed by atoms with Crippen molar-refractivity contribution in [1.82, 2.24) is 0 Å². The fourth-order valence-corrected chi connectivity index (χ4v) is 4.47. The predicted octanol–water partition coefficient (Wildman–Crippen LogP) is 5.33. The van der Waals surface area contributed by atoms with E-state index in [4.69, 9.17) is 9.47 Å². The highest BCUT2D eigenvalue weighted by molar-refractivity contribution is 5.26. The first-order chi connectivity index (χ1) is 13.3. The van der Waals surface area contributed by atoms with Crippen LogP contribution >= 0.6 is 0 Å². The van der Waals surface area contributed by atoms with Gasteiger partial charge < -0.3 is 14.8 Å². The van der Waals surface area contributed by atoms with Gasteiger partial charge in [-0.05, 0) is 82.1 Å². The van der Waals surface area contributed by atoms with Gasteiger partial charge in [0, 0.05) is 18.6 Å². The molecule has 2 rings (SSSR count). The van der Waals surface area contributed by atoms with Crippen LogP contribution in [0.25, 0.3) is 0 Å². The third-order valence-corrected chi connectivity index (χ3v) is 6.39. The quantitative estimate of drug-likeness (QED) is 0.518. The fraction of sp³-hybridized carbons (Fsp3) is 0.760. The van der Waals surface area contributed by atoms with Crippen LogP contribution in [0.4, 0.5) is 0 Å². The summed E-state index contributed by atoms with van der Waals surface area (Å²) in [7, 11) is 0. The lowest BCUT2D eigenvalue weighted by Crippen LogP contribution is -2.83. The van der Waals surface area contributed by atoms with Gasteiger partial charge in [0.1, 0.15) is 12.3 Å². The number of ether oxygens (including phenoxy) is 2. The summed E-state index contributed by atoms with van der Waals surface area (Å²) < 4.78 is 11.9. The van der Waals surface area contributed by atoms with Crippen molar-refractivity contribution in [2.75, 3.05) is 13.2 Å². The SMILES string of the molecule is CC[C@]1(C)C[C@@](CC[NH2+]Cc2ccc(OC(C)C)cc2)(CCC(C)C)CCO1. The minimum Gasteiger partial charge on any atom is -0.491 e. The van der Waals surface area contributed by atoms with E-state index in [1.165, 1.54) is 44.2 Å². The largest absolute Gasteiger partial charge is 0.491 e. The van der Waals surface area contributed by atoms with Crippen molar-refractivity contribution in [3.63, 3.8) is 0 Å². The molecule has 1 aromatic carbocycles. The third-order valence-electron chi connectivity index (χ3n) is 6.39. The van der Waals surface area contributed by atoms with Gasteiger partial charge in [-0.15, -0.1) is 0 Å². The minimum absolute atomic E-state index is 0.0709. The normalized spacial score (nSPS) is 25.4. The van der Waals surface area contributed by atoms with Crippen LogP contribution in [-0.2, 0) is 11.3 Å². The van der Waals surface area contributed by atoms with Crippen LogP contribution < -0.4 is 10.1 Å². The number of benzene rings is 1. The Balaban J connectivity index is 1.87. The Kier molecular flexibility index (Phi) is 8.82. The molecule has 0 amide bonds. The Morgan fingerprint density at radius 2 is 1.82 bits per heavy atom. The zero-order valence-electron chi connectivity index (χ0n) is 19.2. The second-order valence-corrected chi connectivity index (χ2v) is 9.85. The van der Waals surface area contributed by atoms with E-state index in [-0.39, 0.29) is 11.7 Å². The average Bonchev–Trinajstić information content (AvgIpc) is 2.65. The molecule has 1 aliphatic rings. The van der Waals surface area contributed by atoms with Crippen LogP contribution in [0.2, 0.25) is 0 Å². The molecule has 1 aliphatic heterocycles. The van der Waals surface area contributed by atoms with E-state index in [1.807, 2.05) is 0 Å². The lowest BCUT2D eigenvalue weighted by molar-refractivity contribution is -0.672. The Hall–Kier alpha value is -1.06. The highest BCUT2D eigenvalue weighted by atomic mass is 16.5. The molecule has 2 atom stereocenters. The van der Waals surface area contributed by atoms with E-state index in [9.17, 15) is 0 Å². The zero-order valence-corrected chi connectivity index (χ0v) is 19.2. The topological polar surface area (TPSA) is 35.1 Å². The van der Waals surface area contributed by atoms with E-state index in [1.54, 1.807) is 0 Å². The maximum absolute atomic E-state index is 6.17. The van der Waals surface area contributed by atoms with Gasteiger partial charge >= 0.3 is 0 Å². The van der Waals surface area contributed by atoms with Crippen LogP contribution in [0.1, 0.15) is 85.6 Å². The molecule has 28 heavy (non-hydrogen) atoms. The van der Waals surface area contributed by atoms with Gasteiger partial charge in [-0.1, -0.05) is 27.2 Å². The molecule has 0 radical (unpaired) electrons. The van der Waals surface area contributed by atoms with Crippen LogP contribution in [-0.4, -0.2) is 24.9 Å². The summed E-state index contributed by atoms with van der Waals surface area (Å²) in [4.78, 5) is 0. The van der Waals surface area contributed by atoms with Crippen LogP contribution in [0, 0.1) is 11.3 Å². The van der Waals surface area contributed by atoms with Crippen molar-refractivity contribution in [2.45, 2.75) is 98.3 Å². The summed E-state index contributed by atoms with van der Waals surface area (Å²) in [6, 6.07) is 8.59. The van der Waals surface area contributed by atoms with Gasteiger partial charge in [0.15, 0.2) is 0 Å². The fourth-order valence-electron chi connectivity index (χ4n) is 4.47. The molecule has 0 saturated carbocycles. The Bertz CT molecular complexity index is 568. The molecular weight excluding hydrogens is 346 g/mol. The Morgan fingerprint density at radius 3 is 2.43 bits per heavy atom. The van der Waals surface area contributed by atoms with Crippen LogP contribution in [0.3, 0.4) is 0 Å². The highest BCUT2D eigenvalue weighted by Crippen LogP contribution is 2.46. The van der Waals surface area contributed by atoms with Crippen molar-refractivity contribution >= 4 is 0 Å². The summed E-state index contributed by atoms with van der Waals surface area (Å²) in [6.07, 6.45) is 7.77.